The maximum absolute atomic E-state index is 11.3. The van der Waals surface area contributed by atoms with Crippen LogP contribution in [-0.2, 0) is 0 Å². The minimum Gasteiger partial charge on any atom is -0.298 e. The molecule has 0 atom stereocenters. The van der Waals surface area contributed by atoms with E-state index in [0.717, 1.165) is 34.1 Å². The van der Waals surface area contributed by atoms with Gasteiger partial charge in [-0.15, -0.1) is 0 Å². The van der Waals surface area contributed by atoms with Crippen molar-refractivity contribution in [2.24, 2.45) is 0 Å². The molecule has 0 spiro atoms. The lowest BCUT2D eigenvalue weighted by molar-refractivity contribution is 0.111. The van der Waals surface area contributed by atoms with Crippen molar-refractivity contribution >= 4 is 34.1 Å². The lowest BCUT2D eigenvalue weighted by Gasteiger charge is -2.09. The van der Waals surface area contributed by atoms with Gasteiger partial charge in [0.1, 0.15) is 0 Å². The molecule has 4 heteroatoms. The molecule has 4 rings (SSSR count). The van der Waals surface area contributed by atoms with E-state index in [4.69, 9.17) is 0 Å². The first-order valence-electron chi connectivity index (χ1n) is 7.42. The van der Waals surface area contributed by atoms with Crippen molar-refractivity contribution in [2.45, 2.75) is 0 Å². The van der Waals surface area contributed by atoms with Crippen LogP contribution in [0.25, 0.3) is 21.5 Å². The normalized spacial score (nSPS) is 10.0. The predicted octanol–water partition coefficient (Wildman–Crippen LogP) is 4.09. The average molecular weight is 314 g/mol. The largest absolute Gasteiger partial charge is 0.298 e. The van der Waals surface area contributed by atoms with E-state index in [0.29, 0.717) is 11.1 Å². The Kier molecular flexibility index (Phi) is 4.68. The predicted molar refractivity (Wildman–Crippen MR) is 94.3 cm³/mol. The molecule has 0 N–H and O–H groups in total. The van der Waals surface area contributed by atoms with Gasteiger partial charge >= 0.3 is 0 Å². The van der Waals surface area contributed by atoms with Crippen LogP contribution in [-0.4, -0.2) is 22.8 Å². The van der Waals surface area contributed by atoms with Crippen LogP contribution in [0.4, 0.5) is 0 Å². The summed E-state index contributed by atoms with van der Waals surface area (Å²) in [5, 5.41) is 10.4. The molecule has 3 aromatic carbocycles. The highest BCUT2D eigenvalue weighted by Crippen LogP contribution is 2.30. The zero-order valence-corrected chi connectivity index (χ0v) is 12.8. The molecule has 1 aromatic heterocycles. The summed E-state index contributed by atoms with van der Waals surface area (Å²) >= 11 is 0. The Morgan fingerprint density at radius 2 is 0.875 bits per heavy atom. The summed E-state index contributed by atoms with van der Waals surface area (Å²) in [6, 6.07) is 18.6. The molecule has 4 aromatic rings. The van der Waals surface area contributed by atoms with Crippen LogP contribution >= 0.6 is 0 Å². The van der Waals surface area contributed by atoms with E-state index in [1.807, 2.05) is 60.7 Å². The van der Waals surface area contributed by atoms with Gasteiger partial charge in [-0.25, -0.2) is 0 Å². The van der Waals surface area contributed by atoms with Crippen molar-refractivity contribution in [1.29, 1.82) is 0 Å². The van der Waals surface area contributed by atoms with Gasteiger partial charge in [0.05, 0.1) is 0 Å². The van der Waals surface area contributed by atoms with Gasteiger partial charge in [-0.1, -0.05) is 48.5 Å². The van der Waals surface area contributed by atoms with Crippen LogP contribution in [0.1, 0.15) is 20.7 Å². The van der Waals surface area contributed by atoms with E-state index in [1.54, 1.807) is 12.4 Å². The van der Waals surface area contributed by atoms with Crippen molar-refractivity contribution in [2.75, 3.05) is 0 Å². The highest BCUT2D eigenvalue weighted by Gasteiger charge is 2.11. The first-order chi connectivity index (χ1) is 11.9. The third-order valence-corrected chi connectivity index (χ3v) is 3.73. The molecule has 24 heavy (non-hydrogen) atoms. The molecule has 0 amide bonds. The Balaban J connectivity index is 0.000000238. The topological polar surface area (TPSA) is 59.9 Å². The van der Waals surface area contributed by atoms with Crippen molar-refractivity contribution in [3.8, 4) is 0 Å². The van der Waals surface area contributed by atoms with Crippen LogP contribution in [0, 0.1) is 0 Å². The van der Waals surface area contributed by atoms with Crippen LogP contribution in [0.5, 0.6) is 0 Å². The van der Waals surface area contributed by atoms with E-state index in [9.17, 15) is 9.59 Å². The molecule has 0 aliphatic heterocycles. The van der Waals surface area contributed by atoms with Gasteiger partial charge in [-0.05, 0) is 33.7 Å². The molecule has 1 heterocycles. The SMILES string of the molecule is O=Cc1c2ccccc2c(C=O)c2ccccc12.c1ccnnc1. The minimum absolute atomic E-state index is 0.645. The number of carbonyl (C=O) groups is 2. The molecule has 0 radical (unpaired) electrons. The fraction of sp³-hybridized carbons (Fsp3) is 0. The lowest BCUT2D eigenvalue weighted by atomic mass is 9.93. The van der Waals surface area contributed by atoms with Crippen molar-refractivity contribution in [3.05, 3.63) is 84.2 Å². The van der Waals surface area contributed by atoms with Gasteiger partial charge in [-0.2, -0.15) is 10.2 Å². The summed E-state index contributed by atoms with van der Waals surface area (Å²) in [7, 11) is 0. The fourth-order valence-corrected chi connectivity index (χ4v) is 2.70. The first kappa shape index (κ1) is 15.5. The van der Waals surface area contributed by atoms with Crippen LogP contribution in [0.15, 0.2) is 73.1 Å². The Bertz CT molecular complexity index is 849. The third-order valence-electron chi connectivity index (χ3n) is 3.73. The molecule has 4 nitrogen and oxygen atoms in total. The molecular weight excluding hydrogens is 300 g/mol. The van der Waals surface area contributed by atoms with E-state index in [-0.39, 0.29) is 0 Å². The van der Waals surface area contributed by atoms with Crippen molar-refractivity contribution < 1.29 is 9.59 Å². The molecule has 0 bridgehead atoms. The Morgan fingerprint density at radius 1 is 0.542 bits per heavy atom. The molecule has 0 saturated heterocycles. The number of fused-ring (bicyclic) bond motifs is 2. The highest BCUT2D eigenvalue weighted by molar-refractivity contribution is 6.19. The summed E-state index contributed by atoms with van der Waals surface area (Å²) in [5.41, 5.74) is 1.29. The zero-order chi connectivity index (χ0) is 16.8. The summed E-state index contributed by atoms with van der Waals surface area (Å²) in [6.07, 6.45) is 5.00. The van der Waals surface area contributed by atoms with Gasteiger partial charge < -0.3 is 0 Å². The Morgan fingerprint density at radius 3 is 1.08 bits per heavy atom. The number of hydrogen-bond donors (Lipinski definition) is 0. The number of carbonyl (C=O) groups excluding carboxylic acids is 2. The molecule has 0 unspecified atom stereocenters. The van der Waals surface area contributed by atoms with Gasteiger partial charge in [-0.3, -0.25) is 9.59 Å². The minimum atomic E-state index is 0.645. The smallest absolute Gasteiger partial charge is 0.151 e. The van der Waals surface area contributed by atoms with E-state index >= 15 is 0 Å². The van der Waals surface area contributed by atoms with Crippen LogP contribution in [0.2, 0.25) is 0 Å². The van der Waals surface area contributed by atoms with Crippen molar-refractivity contribution in [1.82, 2.24) is 10.2 Å². The second-order valence-corrected chi connectivity index (χ2v) is 5.07. The summed E-state index contributed by atoms with van der Waals surface area (Å²) in [5.74, 6) is 0. The number of nitrogens with zero attached hydrogens (tertiary/aromatic N) is 2. The third kappa shape index (κ3) is 2.90. The van der Waals surface area contributed by atoms with Crippen LogP contribution in [0.3, 0.4) is 0 Å². The van der Waals surface area contributed by atoms with Crippen molar-refractivity contribution in [3.63, 3.8) is 0 Å². The van der Waals surface area contributed by atoms with E-state index < -0.39 is 0 Å². The lowest BCUT2D eigenvalue weighted by Crippen LogP contribution is -1.93. The number of rotatable bonds is 2. The maximum atomic E-state index is 11.3. The monoisotopic (exact) mass is 314 g/mol. The molecule has 0 saturated carbocycles. The molecular formula is C20H14N2O2. The number of aldehydes is 2. The summed E-state index contributed by atoms with van der Waals surface area (Å²) < 4.78 is 0. The highest BCUT2D eigenvalue weighted by atomic mass is 16.1. The Labute approximate surface area is 138 Å². The maximum Gasteiger partial charge on any atom is 0.151 e. The van der Waals surface area contributed by atoms with Gasteiger partial charge in [0, 0.05) is 23.5 Å². The Hall–Kier alpha value is -3.40. The first-order valence-corrected chi connectivity index (χ1v) is 7.42. The molecule has 0 aliphatic rings. The number of benzene rings is 3. The van der Waals surface area contributed by atoms with Gasteiger partial charge in [0.25, 0.3) is 0 Å². The summed E-state index contributed by atoms with van der Waals surface area (Å²) in [6.45, 7) is 0. The zero-order valence-electron chi connectivity index (χ0n) is 12.8. The molecule has 0 aliphatic carbocycles. The average Bonchev–Trinajstić information content (AvgIpc) is 2.68. The number of aromatic nitrogens is 2. The van der Waals surface area contributed by atoms with E-state index in [1.165, 1.54) is 0 Å². The molecule has 116 valence electrons. The van der Waals surface area contributed by atoms with E-state index in [2.05, 4.69) is 10.2 Å². The molecule has 0 fully saturated rings. The second kappa shape index (κ2) is 7.24. The van der Waals surface area contributed by atoms with Gasteiger partial charge in [0.2, 0.25) is 0 Å². The quantitative estimate of drug-likeness (QED) is 0.413. The van der Waals surface area contributed by atoms with Gasteiger partial charge in [0.15, 0.2) is 12.6 Å². The van der Waals surface area contributed by atoms with Crippen LogP contribution < -0.4 is 0 Å². The standard InChI is InChI=1S/C16H10O2.C4H4N2/c17-9-15-11-5-1-2-6-12(11)16(10-18)14-8-4-3-7-13(14)15;1-2-4-6-5-3-1/h1-10H;1-4H. The second-order valence-electron chi connectivity index (χ2n) is 5.07. The number of hydrogen-bond acceptors (Lipinski definition) is 4. The fourth-order valence-electron chi connectivity index (χ4n) is 2.70. The summed E-state index contributed by atoms with van der Waals surface area (Å²) in [4.78, 5) is 22.7.